The van der Waals surface area contributed by atoms with E-state index in [2.05, 4.69) is 4.72 Å². The molecule has 0 aliphatic rings. The molecule has 8 heteroatoms. The molecule has 1 N–H and O–H groups in total. The van der Waals surface area contributed by atoms with Crippen LogP contribution in [-0.2, 0) is 20.0 Å². The predicted octanol–water partition coefficient (Wildman–Crippen LogP) is 2.05. The van der Waals surface area contributed by atoms with Gasteiger partial charge in [-0.1, -0.05) is 24.3 Å². The summed E-state index contributed by atoms with van der Waals surface area (Å²) in [5, 5.41) is 0. The summed E-state index contributed by atoms with van der Waals surface area (Å²) in [6, 6.07) is 13.4. The van der Waals surface area contributed by atoms with E-state index in [1.165, 1.54) is 13.1 Å². The number of para-hydroxylation sites is 1. The number of hydrogen-bond donors (Lipinski definition) is 1. The Morgan fingerprint density at radius 3 is 2.16 bits per heavy atom. The average molecular weight is 383 g/mol. The van der Waals surface area contributed by atoms with E-state index in [-0.39, 0.29) is 17.2 Å². The molecule has 0 unspecified atom stereocenters. The molecular formula is C17H22N2O4S2. The number of benzene rings is 2. The summed E-state index contributed by atoms with van der Waals surface area (Å²) >= 11 is 0. The molecule has 0 heterocycles. The SMILES string of the molecule is Cc1ccc(S(=O)(=O)NCCS(=O)(=O)N(C)c2ccccc2)cc1C. The van der Waals surface area contributed by atoms with E-state index in [1.54, 1.807) is 42.5 Å². The lowest BCUT2D eigenvalue weighted by molar-refractivity contribution is 0.580. The average Bonchev–Trinajstić information content (AvgIpc) is 2.57. The predicted molar refractivity (Wildman–Crippen MR) is 99.7 cm³/mol. The minimum atomic E-state index is -3.75. The van der Waals surface area contributed by atoms with Gasteiger partial charge in [0.1, 0.15) is 0 Å². The lowest BCUT2D eigenvalue weighted by Crippen LogP contribution is -2.35. The van der Waals surface area contributed by atoms with Crippen molar-refractivity contribution in [2.24, 2.45) is 0 Å². The standard InChI is InChI=1S/C17H22N2O4S2/c1-14-9-10-17(13-15(14)2)25(22,23)18-11-12-24(20,21)19(3)16-7-5-4-6-8-16/h4-10,13,18H,11-12H2,1-3H3. The van der Waals surface area contributed by atoms with Gasteiger partial charge in [-0.25, -0.2) is 21.6 Å². The Morgan fingerprint density at radius 1 is 0.920 bits per heavy atom. The van der Waals surface area contributed by atoms with E-state index in [0.717, 1.165) is 15.4 Å². The van der Waals surface area contributed by atoms with Crippen LogP contribution in [0.4, 0.5) is 5.69 Å². The van der Waals surface area contributed by atoms with Crippen LogP contribution in [0.15, 0.2) is 53.4 Å². The Kier molecular flexibility index (Phi) is 5.87. The first-order valence-electron chi connectivity index (χ1n) is 7.72. The molecule has 2 aromatic rings. The zero-order valence-corrected chi connectivity index (χ0v) is 16.1. The van der Waals surface area contributed by atoms with Crippen LogP contribution in [0.5, 0.6) is 0 Å². The fourth-order valence-electron chi connectivity index (χ4n) is 2.20. The molecule has 6 nitrogen and oxygen atoms in total. The zero-order chi connectivity index (χ0) is 18.7. The first kappa shape index (κ1) is 19.4. The van der Waals surface area contributed by atoms with Gasteiger partial charge in [-0.15, -0.1) is 0 Å². The van der Waals surface area contributed by atoms with Gasteiger partial charge in [0, 0.05) is 13.6 Å². The third kappa shape index (κ3) is 4.81. The smallest absolute Gasteiger partial charge is 0.240 e. The third-order valence-electron chi connectivity index (χ3n) is 3.98. The van der Waals surface area contributed by atoms with Gasteiger partial charge >= 0.3 is 0 Å². The number of anilines is 1. The lowest BCUT2D eigenvalue weighted by atomic mass is 10.1. The Morgan fingerprint density at radius 2 is 1.56 bits per heavy atom. The second kappa shape index (κ2) is 7.55. The Labute approximate surface area is 149 Å². The fourth-order valence-corrected chi connectivity index (χ4v) is 4.53. The van der Waals surface area contributed by atoms with Crippen LogP contribution in [0.3, 0.4) is 0 Å². The molecule has 2 rings (SSSR count). The summed E-state index contributed by atoms with van der Waals surface area (Å²) in [6.07, 6.45) is 0. The van der Waals surface area contributed by atoms with Crippen molar-refractivity contribution in [1.29, 1.82) is 0 Å². The van der Waals surface area contributed by atoms with Crippen LogP contribution in [0, 0.1) is 13.8 Å². The van der Waals surface area contributed by atoms with Crippen molar-refractivity contribution in [3.63, 3.8) is 0 Å². The lowest BCUT2D eigenvalue weighted by Gasteiger charge is -2.19. The maximum absolute atomic E-state index is 12.3. The van der Waals surface area contributed by atoms with Crippen molar-refractivity contribution >= 4 is 25.7 Å². The van der Waals surface area contributed by atoms with Gasteiger partial charge in [0.15, 0.2) is 0 Å². The zero-order valence-electron chi connectivity index (χ0n) is 14.4. The summed E-state index contributed by atoms with van der Waals surface area (Å²) in [5.74, 6) is -0.331. The molecule has 0 radical (unpaired) electrons. The van der Waals surface area contributed by atoms with Crippen molar-refractivity contribution < 1.29 is 16.8 Å². The molecule has 0 aromatic heterocycles. The van der Waals surface area contributed by atoms with E-state index < -0.39 is 20.0 Å². The largest absolute Gasteiger partial charge is 0.273 e. The number of rotatable bonds is 7. The second-order valence-corrected chi connectivity index (χ2v) is 9.65. The highest BCUT2D eigenvalue weighted by Crippen LogP contribution is 2.16. The van der Waals surface area contributed by atoms with Crippen molar-refractivity contribution in [2.45, 2.75) is 18.7 Å². The summed E-state index contributed by atoms with van der Waals surface area (Å²) in [7, 11) is -5.92. The van der Waals surface area contributed by atoms with Crippen LogP contribution >= 0.6 is 0 Å². The summed E-state index contributed by atoms with van der Waals surface area (Å²) < 4.78 is 52.8. The highest BCUT2D eigenvalue weighted by molar-refractivity contribution is 7.93. The number of nitrogens with zero attached hydrogens (tertiary/aromatic N) is 1. The van der Waals surface area contributed by atoms with Crippen LogP contribution in [-0.4, -0.2) is 36.2 Å². The number of sulfonamides is 2. The number of hydrogen-bond acceptors (Lipinski definition) is 4. The van der Waals surface area contributed by atoms with Gasteiger partial charge in [-0.3, -0.25) is 4.31 Å². The molecule has 0 amide bonds. The molecule has 25 heavy (non-hydrogen) atoms. The van der Waals surface area contributed by atoms with Crippen LogP contribution in [0.25, 0.3) is 0 Å². The summed E-state index contributed by atoms with van der Waals surface area (Å²) in [4.78, 5) is 0.129. The maximum atomic E-state index is 12.3. The second-order valence-electron chi connectivity index (χ2n) is 5.76. The molecule has 136 valence electrons. The molecule has 0 fully saturated rings. The van der Waals surface area contributed by atoms with Crippen LogP contribution in [0.1, 0.15) is 11.1 Å². The highest BCUT2D eigenvalue weighted by atomic mass is 32.2. The van der Waals surface area contributed by atoms with Gasteiger partial charge in [0.25, 0.3) is 0 Å². The molecule has 0 spiro atoms. The first-order valence-corrected chi connectivity index (χ1v) is 10.8. The Hall–Kier alpha value is -1.90. The Bertz CT molecular complexity index is 940. The van der Waals surface area contributed by atoms with Crippen molar-refractivity contribution in [2.75, 3.05) is 23.7 Å². The number of aryl methyl sites for hydroxylation is 2. The topological polar surface area (TPSA) is 83.5 Å². The molecule has 0 saturated carbocycles. The van der Waals surface area contributed by atoms with Gasteiger partial charge < -0.3 is 0 Å². The van der Waals surface area contributed by atoms with E-state index >= 15 is 0 Å². The monoisotopic (exact) mass is 382 g/mol. The maximum Gasteiger partial charge on any atom is 0.240 e. The van der Waals surface area contributed by atoms with E-state index in [0.29, 0.717) is 5.69 Å². The third-order valence-corrected chi connectivity index (χ3v) is 7.20. The van der Waals surface area contributed by atoms with E-state index in [1.807, 2.05) is 13.8 Å². The van der Waals surface area contributed by atoms with Crippen LogP contribution < -0.4 is 9.03 Å². The summed E-state index contributed by atoms with van der Waals surface area (Å²) in [5.41, 5.74) is 2.38. The Balaban J connectivity index is 2.04. The molecule has 0 aliphatic heterocycles. The summed E-state index contributed by atoms with van der Waals surface area (Å²) in [6.45, 7) is 3.52. The van der Waals surface area contributed by atoms with Crippen molar-refractivity contribution in [3.8, 4) is 0 Å². The minimum absolute atomic E-state index is 0.129. The molecule has 0 bridgehead atoms. The highest BCUT2D eigenvalue weighted by Gasteiger charge is 2.20. The minimum Gasteiger partial charge on any atom is -0.273 e. The van der Waals surface area contributed by atoms with Gasteiger partial charge in [0.2, 0.25) is 20.0 Å². The van der Waals surface area contributed by atoms with Gasteiger partial charge in [0.05, 0.1) is 16.3 Å². The fraction of sp³-hybridized carbons (Fsp3) is 0.294. The van der Waals surface area contributed by atoms with Gasteiger partial charge in [-0.2, -0.15) is 0 Å². The first-order chi connectivity index (χ1) is 11.6. The van der Waals surface area contributed by atoms with Crippen molar-refractivity contribution in [3.05, 3.63) is 59.7 Å². The quantitative estimate of drug-likeness (QED) is 0.794. The molecule has 0 atom stereocenters. The van der Waals surface area contributed by atoms with E-state index in [4.69, 9.17) is 0 Å². The normalized spacial score (nSPS) is 12.1. The van der Waals surface area contributed by atoms with Gasteiger partial charge in [-0.05, 0) is 49.2 Å². The van der Waals surface area contributed by atoms with Crippen molar-refractivity contribution in [1.82, 2.24) is 4.72 Å². The molecule has 0 aliphatic carbocycles. The molecule has 0 saturated heterocycles. The molecule has 2 aromatic carbocycles. The molecular weight excluding hydrogens is 360 g/mol. The van der Waals surface area contributed by atoms with E-state index in [9.17, 15) is 16.8 Å². The number of nitrogens with one attached hydrogen (secondary N) is 1. The van der Waals surface area contributed by atoms with Crippen LogP contribution in [0.2, 0.25) is 0 Å².